The van der Waals surface area contributed by atoms with Crippen LogP contribution in [0.15, 0.2) is 0 Å². The first-order valence-electron chi connectivity index (χ1n) is 0.730. The molecule has 0 heterocycles. The molecule has 7 heteroatoms. The van der Waals surface area contributed by atoms with Gasteiger partial charge < -0.3 is 0 Å². The normalized spacial score (nSPS) is 8.43. The molecule has 0 amide bonds. The molecule has 7 heavy (non-hydrogen) atoms. The third kappa shape index (κ3) is 47.3. The van der Waals surface area contributed by atoms with Crippen LogP contribution in [0.4, 0.5) is 0 Å². The Bertz CT molecular complexity index is 57.8. The summed E-state index contributed by atoms with van der Waals surface area (Å²) in [5, 5.41) is 0. The Morgan fingerprint density at radius 3 is 1.14 bits per heavy atom. The van der Waals surface area contributed by atoms with Crippen LogP contribution in [-0.4, -0.2) is 20.1 Å². The van der Waals surface area contributed by atoms with Crippen molar-refractivity contribution in [3.63, 3.8) is 0 Å². The molecule has 0 unspecified atom stereocenters. The van der Waals surface area contributed by atoms with Crippen molar-refractivity contribution in [2.45, 2.75) is 0 Å². The second-order valence-electron chi connectivity index (χ2n) is 0.447. The zero-order chi connectivity index (χ0) is 4.50. The summed E-state index contributed by atoms with van der Waals surface area (Å²) >= 11 is -6.10. The maximum atomic E-state index is 8.64. The minimum absolute atomic E-state index is 0. The summed E-state index contributed by atoms with van der Waals surface area (Å²) in [4.78, 5) is 0. The molecule has 0 bridgehead atoms. The number of hydrogen-bond acceptors (Lipinski definition) is 4. The molecule has 0 saturated heterocycles. The average Bonchev–Trinajstić information content (AvgIpc) is 0.722. The molecular weight excluding hydrogens is 248 g/mol. The molecule has 0 fully saturated rings. The van der Waals surface area contributed by atoms with Crippen molar-refractivity contribution >= 4 is 20.1 Å². The molecule has 0 aromatic carbocycles. The second kappa shape index (κ2) is 7.24. The van der Waals surface area contributed by atoms with Crippen LogP contribution in [0.1, 0.15) is 0 Å². The fourth-order valence-electron chi connectivity index (χ4n) is 0. The van der Waals surface area contributed by atoms with Gasteiger partial charge in [0.25, 0.3) is 0 Å². The molecule has 0 spiro atoms. The number of hydrogen-bond donors (Lipinski definition) is 0. The first-order chi connectivity index (χ1) is 2.00. The van der Waals surface area contributed by atoms with Gasteiger partial charge in [0.15, 0.2) is 0 Å². The van der Waals surface area contributed by atoms with E-state index in [2.05, 4.69) is 0 Å². The van der Waals surface area contributed by atoms with E-state index in [-0.39, 0.29) is 80.9 Å². The van der Waals surface area contributed by atoms with Gasteiger partial charge in [-0.1, -0.05) is 0 Å². The topological polar surface area (TPSA) is 86.2 Å². The summed E-state index contributed by atoms with van der Waals surface area (Å²) in [5.74, 6) is 0. The summed E-state index contributed by atoms with van der Waals surface area (Å²) in [6.45, 7) is 0. The van der Waals surface area contributed by atoms with Gasteiger partial charge in [-0.25, -0.2) is 0 Å². The van der Waals surface area contributed by atoms with Crippen molar-refractivity contribution in [2.24, 2.45) is 0 Å². The van der Waals surface area contributed by atoms with Crippen LogP contribution in [0.3, 0.4) is 0 Å². The van der Waals surface area contributed by atoms with Gasteiger partial charge in [-0.15, -0.1) is 0 Å². The predicted octanol–water partition coefficient (Wildman–Crippen LogP) is -10.1. The quantitative estimate of drug-likeness (QED) is 0.398. The molecule has 4 nitrogen and oxygen atoms in total. The van der Waals surface area contributed by atoms with Crippen molar-refractivity contribution in [1.29, 1.82) is 0 Å². The number of rotatable bonds is 0. The van der Waals surface area contributed by atoms with Gasteiger partial charge in [0.05, 0.1) is 0 Å². The molecule has 0 saturated carbocycles. The molecule has 0 rings (SSSR count). The van der Waals surface area contributed by atoms with E-state index in [1.54, 1.807) is 0 Å². The fourth-order valence-corrected chi connectivity index (χ4v) is 0. The third-order valence-corrected chi connectivity index (χ3v) is 0. The molecule has 0 aliphatic rings. The SMILES string of the molecule is [K+].[Na+].[O]=[Sb]([O-])([O-])[O-]. The van der Waals surface area contributed by atoms with Crippen molar-refractivity contribution in [1.82, 2.24) is 0 Å². The van der Waals surface area contributed by atoms with E-state index in [1.165, 1.54) is 0 Å². The van der Waals surface area contributed by atoms with Crippen LogP contribution in [-0.2, 0) is 3.02 Å². The van der Waals surface area contributed by atoms with Gasteiger partial charge in [-0.05, 0) is 0 Å². The molecule has 0 atom stereocenters. The minimum atomic E-state index is -6.10. The molecule has 0 aliphatic heterocycles. The first kappa shape index (κ1) is 16.6. The van der Waals surface area contributed by atoms with Gasteiger partial charge in [0, 0.05) is 0 Å². The Labute approximate surface area is 111 Å². The molecule has 0 aromatic heterocycles. The van der Waals surface area contributed by atoms with Gasteiger partial charge in [-0.3, -0.25) is 0 Å². The molecule has 0 radical (unpaired) electrons. The maximum absolute atomic E-state index is 8.64. The summed E-state index contributed by atoms with van der Waals surface area (Å²) in [6.07, 6.45) is 0. The van der Waals surface area contributed by atoms with Gasteiger partial charge in [-0.2, -0.15) is 0 Å². The van der Waals surface area contributed by atoms with Crippen molar-refractivity contribution < 1.29 is 94.1 Å². The van der Waals surface area contributed by atoms with E-state index >= 15 is 0 Å². The Balaban J connectivity index is -0.0000000800. The Morgan fingerprint density at radius 1 is 1.14 bits per heavy atom. The van der Waals surface area contributed by atoms with Crippen molar-refractivity contribution in [3.8, 4) is 0 Å². The standard InChI is InChI=1S/K.Na.4O.Sb/q2*+1;;3*-1;. The Hall–Kier alpha value is 3.13. The zero-order valence-electron chi connectivity index (χ0n) is 4.08. The van der Waals surface area contributed by atoms with E-state index < -0.39 is 20.1 Å². The second-order valence-corrected chi connectivity index (χ2v) is 3.00. The van der Waals surface area contributed by atoms with Crippen LogP contribution in [0.2, 0.25) is 0 Å². The van der Waals surface area contributed by atoms with Crippen LogP contribution in [0.5, 0.6) is 0 Å². The van der Waals surface area contributed by atoms with Crippen LogP contribution < -0.4 is 91.1 Å². The zero-order valence-corrected chi connectivity index (χ0v) is 11.8. The van der Waals surface area contributed by atoms with Crippen LogP contribution in [0.25, 0.3) is 0 Å². The molecule has 0 aliphatic carbocycles. The van der Waals surface area contributed by atoms with E-state index in [1.807, 2.05) is 0 Å². The van der Waals surface area contributed by atoms with E-state index in [0.29, 0.717) is 0 Å². The summed E-state index contributed by atoms with van der Waals surface area (Å²) in [7, 11) is 0. The van der Waals surface area contributed by atoms with Gasteiger partial charge >= 0.3 is 114 Å². The summed E-state index contributed by atoms with van der Waals surface area (Å²) in [6, 6.07) is 0. The monoisotopic (exact) mass is 247 g/mol. The Morgan fingerprint density at radius 2 is 1.14 bits per heavy atom. The van der Waals surface area contributed by atoms with Gasteiger partial charge in [0.1, 0.15) is 0 Å². The average molecular weight is 248 g/mol. The van der Waals surface area contributed by atoms with E-state index in [0.717, 1.165) is 0 Å². The van der Waals surface area contributed by atoms with Gasteiger partial charge in [0.2, 0.25) is 0 Å². The predicted molar refractivity (Wildman–Crippen MR) is 6.44 cm³/mol. The van der Waals surface area contributed by atoms with E-state index in [4.69, 9.17) is 13.2 Å². The summed E-state index contributed by atoms with van der Waals surface area (Å²) in [5.41, 5.74) is 0. The molecule has 32 valence electrons. The first-order valence-corrected chi connectivity index (χ1v) is 4.90. The fraction of sp³-hybridized carbons (Fsp3) is 0. The van der Waals surface area contributed by atoms with Crippen molar-refractivity contribution in [2.75, 3.05) is 0 Å². The Kier molecular flexibility index (Phi) is 17.2. The third-order valence-electron chi connectivity index (χ3n) is 0. The van der Waals surface area contributed by atoms with Crippen LogP contribution in [0, 0.1) is 0 Å². The van der Waals surface area contributed by atoms with E-state index in [9.17, 15) is 0 Å². The molecule has 0 N–H and O–H groups in total. The molecule has 0 aromatic rings. The van der Waals surface area contributed by atoms with Crippen LogP contribution >= 0.6 is 0 Å². The summed E-state index contributed by atoms with van der Waals surface area (Å²) < 4.78 is 34.6. The molecular formula is KNaO4Sb-. The van der Waals surface area contributed by atoms with Crippen molar-refractivity contribution in [3.05, 3.63) is 0 Å².